The number of allylic oxidation sites excluding steroid dienone is 1. The van der Waals surface area contributed by atoms with Crippen molar-refractivity contribution < 1.29 is 4.74 Å². The van der Waals surface area contributed by atoms with Crippen molar-refractivity contribution in [3.63, 3.8) is 0 Å². The van der Waals surface area contributed by atoms with Gasteiger partial charge in [0.25, 0.3) is 0 Å². The van der Waals surface area contributed by atoms with Gasteiger partial charge in [-0.15, -0.1) is 11.8 Å². The van der Waals surface area contributed by atoms with Crippen LogP contribution >= 0.6 is 11.8 Å². The lowest BCUT2D eigenvalue weighted by Crippen LogP contribution is -1.98. The summed E-state index contributed by atoms with van der Waals surface area (Å²) in [4.78, 5) is 0. The highest BCUT2D eigenvalue weighted by Gasteiger charge is 2.18. The van der Waals surface area contributed by atoms with Crippen molar-refractivity contribution in [2.75, 3.05) is 5.75 Å². The van der Waals surface area contributed by atoms with Gasteiger partial charge in [0, 0.05) is 12.8 Å². The third kappa shape index (κ3) is 3.19. The molecule has 0 bridgehead atoms. The van der Waals surface area contributed by atoms with Crippen LogP contribution in [0.15, 0.2) is 12.3 Å². The molecule has 1 saturated heterocycles. The van der Waals surface area contributed by atoms with Gasteiger partial charge >= 0.3 is 0 Å². The van der Waals surface area contributed by atoms with Gasteiger partial charge in [-0.2, -0.15) is 0 Å². The predicted octanol–water partition coefficient (Wildman–Crippen LogP) is 3.17. The molecule has 0 radical (unpaired) electrons. The summed E-state index contributed by atoms with van der Waals surface area (Å²) in [5.41, 5.74) is 0.411. The molecule has 1 rings (SSSR count). The highest BCUT2D eigenvalue weighted by Crippen LogP contribution is 2.29. The summed E-state index contributed by atoms with van der Waals surface area (Å²) in [5, 5.41) is 0. The third-order valence-corrected chi connectivity index (χ3v) is 2.99. The van der Waals surface area contributed by atoms with Gasteiger partial charge < -0.3 is 4.74 Å². The summed E-state index contributed by atoms with van der Waals surface area (Å²) >= 11 is 1.93. The SMILES string of the molecule is C=C1CCC(SCCCC)O1. The maximum absolute atomic E-state index is 5.48. The van der Waals surface area contributed by atoms with Crippen molar-refractivity contribution in [2.45, 2.75) is 38.0 Å². The van der Waals surface area contributed by atoms with E-state index in [4.69, 9.17) is 4.74 Å². The van der Waals surface area contributed by atoms with Crippen molar-refractivity contribution in [1.29, 1.82) is 0 Å². The fraction of sp³-hybridized carbons (Fsp3) is 0.778. The molecule has 0 spiro atoms. The molecule has 1 fully saturated rings. The third-order valence-electron chi connectivity index (χ3n) is 1.76. The van der Waals surface area contributed by atoms with E-state index in [1.807, 2.05) is 11.8 Å². The number of unbranched alkanes of at least 4 members (excludes halogenated alkanes) is 1. The normalized spacial score (nSPS) is 23.7. The van der Waals surface area contributed by atoms with E-state index in [9.17, 15) is 0 Å². The fourth-order valence-corrected chi connectivity index (χ4v) is 2.27. The van der Waals surface area contributed by atoms with Crippen LogP contribution in [0.2, 0.25) is 0 Å². The van der Waals surface area contributed by atoms with Crippen LogP contribution in [0.3, 0.4) is 0 Å². The molecule has 0 aromatic heterocycles. The summed E-state index contributed by atoms with van der Waals surface area (Å²) in [6.45, 7) is 6.01. The second-order valence-corrected chi connectivity index (χ2v) is 4.12. The minimum absolute atomic E-state index is 0.411. The van der Waals surface area contributed by atoms with E-state index in [1.54, 1.807) is 0 Å². The average molecular weight is 172 g/mol. The smallest absolute Gasteiger partial charge is 0.144 e. The molecule has 11 heavy (non-hydrogen) atoms. The van der Waals surface area contributed by atoms with Crippen LogP contribution in [-0.2, 0) is 4.74 Å². The Morgan fingerprint density at radius 3 is 3.09 bits per heavy atom. The quantitative estimate of drug-likeness (QED) is 0.602. The van der Waals surface area contributed by atoms with E-state index in [-0.39, 0.29) is 0 Å². The average Bonchev–Trinajstić information content (AvgIpc) is 2.37. The minimum atomic E-state index is 0.411. The van der Waals surface area contributed by atoms with Crippen molar-refractivity contribution in [3.05, 3.63) is 12.3 Å². The van der Waals surface area contributed by atoms with Crippen LogP contribution in [0.4, 0.5) is 0 Å². The van der Waals surface area contributed by atoms with E-state index in [0.29, 0.717) is 5.44 Å². The molecule has 0 aliphatic carbocycles. The molecule has 1 heterocycles. The zero-order valence-electron chi connectivity index (χ0n) is 7.14. The van der Waals surface area contributed by atoms with Crippen LogP contribution in [0.5, 0.6) is 0 Å². The Bertz CT molecular complexity index is 134. The number of thioether (sulfide) groups is 1. The molecule has 0 saturated carbocycles. The fourth-order valence-electron chi connectivity index (χ4n) is 1.06. The van der Waals surface area contributed by atoms with Gasteiger partial charge in [-0.1, -0.05) is 19.9 Å². The summed E-state index contributed by atoms with van der Waals surface area (Å²) in [6, 6.07) is 0. The Labute approximate surface area is 73.2 Å². The van der Waals surface area contributed by atoms with E-state index in [2.05, 4.69) is 13.5 Å². The van der Waals surface area contributed by atoms with Crippen LogP contribution in [0.25, 0.3) is 0 Å². The van der Waals surface area contributed by atoms with E-state index < -0.39 is 0 Å². The van der Waals surface area contributed by atoms with Crippen LogP contribution in [0, 0.1) is 0 Å². The molecule has 0 amide bonds. The van der Waals surface area contributed by atoms with Gasteiger partial charge in [-0.3, -0.25) is 0 Å². The highest BCUT2D eigenvalue weighted by molar-refractivity contribution is 7.99. The summed E-state index contributed by atoms with van der Waals surface area (Å²) in [6.07, 6.45) is 4.80. The van der Waals surface area contributed by atoms with Crippen molar-refractivity contribution in [2.24, 2.45) is 0 Å². The molecule has 1 aliphatic heterocycles. The Hall–Kier alpha value is -0.110. The van der Waals surface area contributed by atoms with Crippen LogP contribution in [0.1, 0.15) is 32.6 Å². The summed E-state index contributed by atoms with van der Waals surface area (Å²) in [7, 11) is 0. The highest BCUT2D eigenvalue weighted by atomic mass is 32.2. The molecule has 64 valence electrons. The van der Waals surface area contributed by atoms with Gasteiger partial charge in [0.1, 0.15) is 5.44 Å². The van der Waals surface area contributed by atoms with Gasteiger partial charge in [0.15, 0.2) is 0 Å². The number of rotatable bonds is 4. The van der Waals surface area contributed by atoms with Gasteiger partial charge in [-0.25, -0.2) is 0 Å². The number of ether oxygens (including phenoxy) is 1. The van der Waals surface area contributed by atoms with Crippen LogP contribution in [-0.4, -0.2) is 11.2 Å². The largest absolute Gasteiger partial charge is 0.485 e. The monoisotopic (exact) mass is 172 g/mol. The molecular weight excluding hydrogens is 156 g/mol. The maximum atomic E-state index is 5.48. The first-order chi connectivity index (χ1) is 5.33. The molecular formula is C9H16OS. The Morgan fingerprint density at radius 2 is 2.55 bits per heavy atom. The first-order valence-corrected chi connectivity index (χ1v) is 5.34. The maximum Gasteiger partial charge on any atom is 0.144 e. The zero-order valence-corrected chi connectivity index (χ0v) is 7.95. The van der Waals surface area contributed by atoms with E-state index >= 15 is 0 Å². The van der Waals surface area contributed by atoms with Gasteiger partial charge in [-0.05, 0) is 12.2 Å². The van der Waals surface area contributed by atoms with Gasteiger partial charge in [0.05, 0.1) is 5.76 Å². The van der Waals surface area contributed by atoms with Gasteiger partial charge in [0.2, 0.25) is 0 Å². The van der Waals surface area contributed by atoms with Crippen molar-refractivity contribution in [3.8, 4) is 0 Å². The van der Waals surface area contributed by atoms with Crippen molar-refractivity contribution >= 4 is 11.8 Å². The molecule has 1 unspecified atom stereocenters. The lowest BCUT2D eigenvalue weighted by atomic mass is 10.3. The Kier molecular flexibility index (Phi) is 3.84. The second-order valence-electron chi connectivity index (χ2n) is 2.85. The Balaban J connectivity index is 2.04. The van der Waals surface area contributed by atoms with Crippen LogP contribution < -0.4 is 0 Å². The lowest BCUT2D eigenvalue weighted by Gasteiger charge is -2.08. The van der Waals surface area contributed by atoms with E-state index in [0.717, 1.165) is 18.6 Å². The topological polar surface area (TPSA) is 9.23 Å². The molecule has 1 atom stereocenters. The molecule has 0 aromatic carbocycles. The first-order valence-electron chi connectivity index (χ1n) is 4.29. The minimum Gasteiger partial charge on any atom is -0.485 e. The second kappa shape index (κ2) is 4.70. The molecule has 0 aromatic rings. The number of hydrogen-bond acceptors (Lipinski definition) is 2. The predicted molar refractivity (Wildman–Crippen MR) is 50.6 cm³/mol. The summed E-state index contributed by atoms with van der Waals surface area (Å²) in [5.74, 6) is 2.20. The molecule has 2 heteroatoms. The lowest BCUT2D eigenvalue weighted by molar-refractivity contribution is 0.236. The van der Waals surface area contributed by atoms with E-state index in [1.165, 1.54) is 18.6 Å². The Morgan fingerprint density at radius 1 is 1.73 bits per heavy atom. The standard InChI is InChI=1S/C9H16OS/c1-3-4-7-11-9-6-5-8(2)10-9/h9H,2-7H2,1H3. The molecule has 1 nitrogen and oxygen atoms in total. The molecule has 0 N–H and O–H groups in total. The zero-order chi connectivity index (χ0) is 8.10. The number of hydrogen-bond donors (Lipinski definition) is 0. The summed E-state index contributed by atoms with van der Waals surface area (Å²) < 4.78 is 5.48. The first kappa shape index (κ1) is 8.98. The van der Waals surface area contributed by atoms with Crippen molar-refractivity contribution in [1.82, 2.24) is 0 Å². The molecule has 1 aliphatic rings.